The fraction of sp³-hybridized carbons (Fsp3) is 0.571. The number of ether oxygens (including phenoxy) is 1. The summed E-state index contributed by atoms with van der Waals surface area (Å²) in [5.41, 5.74) is 0.894. The van der Waals surface area contributed by atoms with Gasteiger partial charge in [0.2, 0.25) is 0 Å². The SMILES string of the molecule is CCN(CC)CCOc1cccc([C@@H](C)O)c1. The van der Waals surface area contributed by atoms with Crippen molar-refractivity contribution in [2.24, 2.45) is 0 Å². The van der Waals surface area contributed by atoms with Crippen molar-refractivity contribution in [1.29, 1.82) is 0 Å². The Balaban J connectivity index is 2.43. The van der Waals surface area contributed by atoms with Crippen molar-refractivity contribution in [1.82, 2.24) is 4.90 Å². The number of aliphatic hydroxyl groups excluding tert-OH is 1. The summed E-state index contributed by atoms with van der Waals surface area (Å²) in [6, 6.07) is 7.64. The van der Waals surface area contributed by atoms with Gasteiger partial charge in [0.25, 0.3) is 0 Å². The van der Waals surface area contributed by atoms with E-state index in [9.17, 15) is 5.11 Å². The molecule has 0 unspecified atom stereocenters. The maximum absolute atomic E-state index is 9.47. The van der Waals surface area contributed by atoms with Crippen LogP contribution in [0.1, 0.15) is 32.4 Å². The van der Waals surface area contributed by atoms with E-state index in [2.05, 4.69) is 18.7 Å². The lowest BCUT2D eigenvalue weighted by Gasteiger charge is -2.18. The quantitative estimate of drug-likeness (QED) is 0.790. The summed E-state index contributed by atoms with van der Waals surface area (Å²) >= 11 is 0. The van der Waals surface area contributed by atoms with Crippen molar-refractivity contribution < 1.29 is 9.84 Å². The molecule has 0 spiro atoms. The maximum atomic E-state index is 9.47. The molecule has 0 amide bonds. The molecule has 0 heterocycles. The van der Waals surface area contributed by atoms with Crippen molar-refractivity contribution in [3.05, 3.63) is 29.8 Å². The van der Waals surface area contributed by atoms with E-state index in [1.165, 1.54) is 0 Å². The monoisotopic (exact) mass is 237 g/mol. The van der Waals surface area contributed by atoms with E-state index in [1.807, 2.05) is 24.3 Å². The zero-order chi connectivity index (χ0) is 12.7. The largest absolute Gasteiger partial charge is 0.492 e. The first kappa shape index (κ1) is 14.0. The molecular formula is C14H23NO2. The molecule has 3 nitrogen and oxygen atoms in total. The van der Waals surface area contributed by atoms with Crippen molar-refractivity contribution in [3.8, 4) is 5.75 Å². The normalized spacial score (nSPS) is 12.8. The Labute approximate surface area is 104 Å². The molecule has 1 atom stereocenters. The molecule has 0 aliphatic rings. The van der Waals surface area contributed by atoms with E-state index in [0.717, 1.165) is 30.9 Å². The second-order valence-electron chi connectivity index (χ2n) is 4.12. The third-order valence-corrected chi connectivity index (χ3v) is 2.91. The van der Waals surface area contributed by atoms with Crippen LogP contribution in [-0.2, 0) is 0 Å². The van der Waals surface area contributed by atoms with Crippen LogP contribution >= 0.6 is 0 Å². The summed E-state index contributed by atoms with van der Waals surface area (Å²) in [6.45, 7) is 9.78. The average Bonchev–Trinajstić information content (AvgIpc) is 2.35. The van der Waals surface area contributed by atoms with Crippen LogP contribution in [0, 0.1) is 0 Å². The highest BCUT2D eigenvalue weighted by molar-refractivity contribution is 5.29. The molecule has 1 aromatic carbocycles. The predicted molar refractivity (Wildman–Crippen MR) is 70.4 cm³/mol. The van der Waals surface area contributed by atoms with Crippen LogP contribution in [0.25, 0.3) is 0 Å². The first-order valence-corrected chi connectivity index (χ1v) is 6.30. The van der Waals surface area contributed by atoms with Gasteiger partial charge in [-0.3, -0.25) is 0 Å². The van der Waals surface area contributed by atoms with Crippen molar-refractivity contribution in [2.75, 3.05) is 26.2 Å². The Morgan fingerprint density at radius 1 is 1.29 bits per heavy atom. The highest BCUT2D eigenvalue weighted by Crippen LogP contribution is 2.18. The molecule has 0 radical (unpaired) electrons. The number of aliphatic hydroxyl groups is 1. The minimum Gasteiger partial charge on any atom is -0.492 e. The molecular weight excluding hydrogens is 214 g/mol. The number of nitrogens with zero attached hydrogens (tertiary/aromatic N) is 1. The van der Waals surface area contributed by atoms with E-state index in [-0.39, 0.29) is 0 Å². The Kier molecular flexibility index (Phi) is 6.01. The Morgan fingerprint density at radius 3 is 2.59 bits per heavy atom. The van der Waals surface area contributed by atoms with Crippen LogP contribution in [0.2, 0.25) is 0 Å². The summed E-state index contributed by atoms with van der Waals surface area (Å²) in [6.07, 6.45) is -0.443. The number of hydrogen-bond donors (Lipinski definition) is 1. The summed E-state index contributed by atoms with van der Waals surface area (Å²) in [5.74, 6) is 0.829. The highest BCUT2D eigenvalue weighted by Gasteiger charge is 2.03. The fourth-order valence-electron chi connectivity index (χ4n) is 1.70. The summed E-state index contributed by atoms with van der Waals surface area (Å²) < 4.78 is 5.68. The molecule has 0 aliphatic heterocycles. The maximum Gasteiger partial charge on any atom is 0.119 e. The molecule has 1 rings (SSSR count). The van der Waals surface area contributed by atoms with Gasteiger partial charge in [-0.25, -0.2) is 0 Å². The molecule has 1 N–H and O–H groups in total. The molecule has 96 valence electrons. The molecule has 0 fully saturated rings. The van der Waals surface area contributed by atoms with Crippen LogP contribution < -0.4 is 4.74 Å². The predicted octanol–water partition coefficient (Wildman–Crippen LogP) is 2.46. The van der Waals surface area contributed by atoms with Gasteiger partial charge in [-0.2, -0.15) is 0 Å². The second kappa shape index (κ2) is 7.30. The van der Waals surface area contributed by atoms with Crippen LogP contribution in [-0.4, -0.2) is 36.2 Å². The lowest BCUT2D eigenvalue weighted by atomic mass is 10.1. The fourth-order valence-corrected chi connectivity index (χ4v) is 1.70. The minimum atomic E-state index is -0.443. The van der Waals surface area contributed by atoms with Crippen LogP contribution in [0.4, 0.5) is 0 Å². The van der Waals surface area contributed by atoms with Gasteiger partial charge in [-0.05, 0) is 37.7 Å². The van der Waals surface area contributed by atoms with Gasteiger partial charge in [0.1, 0.15) is 12.4 Å². The van der Waals surface area contributed by atoms with E-state index >= 15 is 0 Å². The summed E-state index contributed by atoms with van der Waals surface area (Å²) in [5, 5.41) is 9.47. The average molecular weight is 237 g/mol. The van der Waals surface area contributed by atoms with Crippen molar-refractivity contribution in [2.45, 2.75) is 26.9 Å². The molecule has 17 heavy (non-hydrogen) atoms. The van der Waals surface area contributed by atoms with E-state index in [0.29, 0.717) is 6.61 Å². The third-order valence-electron chi connectivity index (χ3n) is 2.91. The summed E-state index contributed by atoms with van der Waals surface area (Å²) in [4.78, 5) is 2.32. The molecule has 0 saturated heterocycles. The van der Waals surface area contributed by atoms with Gasteiger partial charge in [0.15, 0.2) is 0 Å². The van der Waals surface area contributed by atoms with Gasteiger partial charge < -0.3 is 14.7 Å². The van der Waals surface area contributed by atoms with E-state index in [1.54, 1.807) is 6.92 Å². The standard InChI is InChI=1S/C14H23NO2/c1-4-15(5-2)9-10-17-14-8-6-7-13(11-14)12(3)16/h6-8,11-12,16H,4-5,9-10H2,1-3H3/t12-/m1/s1. The van der Waals surface area contributed by atoms with Crippen molar-refractivity contribution in [3.63, 3.8) is 0 Å². The Hall–Kier alpha value is -1.06. The van der Waals surface area contributed by atoms with E-state index in [4.69, 9.17) is 4.74 Å². The molecule has 1 aromatic rings. The Morgan fingerprint density at radius 2 is 2.00 bits per heavy atom. The van der Waals surface area contributed by atoms with Gasteiger partial charge in [-0.15, -0.1) is 0 Å². The Bertz CT molecular complexity index is 322. The van der Waals surface area contributed by atoms with Crippen LogP contribution in [0.5, 0.6) is 5.75 Å². The zero-order valence-corrected chi connectivity index (χ0v) is 11.0. The lowest BCUT2D eigenvalue weighted by molar-refractivity contribution is 0.197. The zero-order valence-electron chi connectivity index (χ0n) is 11.0. The first-order valence-electron chi connectivity index (χ1n) is 6.30. The lowest BCUT2D eigenvalue weighted by Crippen LogP contribution is -2.27. The van der Waals surface area contributed by atoms with Gasteiger partial charge in [-0.1, -0.05) is 26.0 Å². The van der Waals surface area contributed by atoms with Crippen LogP contribution in [0.3, 0.4) is 0 Å². The highest BCUT2D eigenvalue weighted by atomic mass is 16.5. The van der Waals surface area contributed by atoms with E-state index < -0.39 is 6.10 Å². The smallest absolute Gasteiger partial charge is 0.119 e. The van der Waals surface area contributed by atoms with Crippen LogP contribution in [0.15, 0.2) is 24.3 Å². The van der Waals surface area contributed by atoms with Gasteiger partial charge in [0, 0.05) is 6.54 Å². The molecule has 0 bridgehead atoms. The molecule has 0 aliphatic carbocycles. The number of hydrogen-bond acceptors (Lipinski definition) is 3. The summed E-state index contributed by atoms with van der Waals surface area (Å²) in [7, 11) is 0. The topological polar surface area (TPSA) is 32.7 Å². The number of likely N-dealkylation sites (N-methyl/N-ethyl adjacent to an activating group) is 1. The number of benzene rings is 1. The first-order chi connectivity index (χ1) is 8.17. The van der Waals surface area contributed by atoms with Crippen molar-refractivity contribution >= 4 is 0 Å². The third kappa shape index (κ3) is 4.75. The second-order valence-corrected chi connectivity index (χ2v) is 4.12. The molecule has 3 heteroatoms. The van der Waals surface area contributed by atoms with Gasteiger partial charge >= 0.3 is 0 Å². The van der Waals surface area contributed by atoms with Gasteiger partial charge in [0.05, 0.1) is 6.10 Å². The number of rotatable bonds is 7. The molecule has 0 aromatic heterocycles. The molecule has 0 saturated carbocycles. The minimum absolute atomic E-state index is 0.443.